The van der Waals surface area contributed by atoms with Gasteiger partial charge in [-0.2, -0.15) is 0 Å². The van der Waals surface area contributed by atoms with Gasteiger partial charge in [-0.25, -0.2) is 10.3 Å². The molecule has 0 bridgehead atoms. The molecule has 76 valence electrons. The van der Waals surface area contributed by atoms with Crippen LogP contribution in [0, 0.1) is 0 Å². The highest BCUT2D eigenvalue weighted by Gasteiger charge is 2.11. The molecule has 1 aromatic rings. The molecule has 0 unspecified atom stereocenters. The van der Waals surface area contributed by atoms with Crippen LogP contribution in [0.4, 0.5) is 10.5 Å². The number of nitrogens with one attached hydrogen (secondary N) is 1. The van der Waals surface area contributed by atoms with E-state index >= 15 is 0 Å². The van der Waals surface area contributed by atoms with Gasteiger partial charge in [-0.15, -0.1) is 0 Å². The second-order valence-corrected chi connectivity index (χ2v) is 2.69. The summed E-state index contributed by atoms with van der Waals surface area (Å²) >= 11 is 0. The molecule has 1 N–H and O–H groups in total. The van der Waals surface area contributed by atoms with Crippen molar-refractivity contribution < 1.29 is 9.63 Å². The predicted molar refractivity (Wildman–Crippen MR) is 55.0 cm³/mol. The molecule has 14 heavy (non-hydrogen) atoms. The first-order valence-electron chi connectivity index (χ1n) is 4.45. The number of benzene rings is 1. The fraction of sp³-hybridized carbons (Fsp3) is 0.300. The topological polar surface area (TPSA) is 41.6 Å². The van der Waals surface area contributed by atoms with Crippen molar-refractivity contribution in [1.29, 1.82) is 0 Å². The molecule has 1 aromatic carbocycles. The lowest BCUT2D eigenvalue weighted by Crippen LogP contribution is -2.39. The molecule has 0 radical (unpaired) electrons. The minimum atomic E-state index is -0.263. The van der Waals surface area contributed by atoms with Crippen LogP contribution in [0.25, 0.3) is 0 Å². The zero-order chi connectivity index (χ0) is 10.4. The second-order valence-electron chi connectivity index (χ2n) is 2.69. The van der Waals surface area contributed by atoms with Gasteiger partial charge in [-0.05, 0) is 19.1 Å². The van der Waals surface area contributed by atoms with E-state index in [0.29, 0.717) is 6.54 Å². The number of hydrogen-bond donors (Lipinski definition) is 1. The molecule has 0 aliphatic heterocycles. The Bertz CT molecular complexity index is 287. The summed E-state index contributed by atoms with van der Waals surface area (Å²) in [6.45, 7) is 2.50. The zero-order valence-electron chi connectivity index (χ0n) is 8.36. The summed E-state index contributed by atoms with van der Waals surface area (Å²) in [5, 5.41) is 0. The summed E-state index contributed by atoms with van der Waals surface area (Å²) in [5.41, 5.74) is 3.13. The van der Waals surface area contributed by atoms with Crippen molar-refractivity contribution in [2.75, 3.05) is 18.6 Å². The van der Waals surface area contributed by atoms with Crippen LogP contribution in [0.5, 0.6) is 0 Å². The van der Waals surface area contributed by atoms with Crippen molar-refractivity contribution in [3.05, 3.63) is 30.3 Å². The van der Waals surface area contributed by atoms with Crippen LogP contribution in [-0.4, -0.2) is 19.7 Å². The summed E-state index contributed by atoms with van der Waals surface area (Å²) in [4.78, 5) is 17.6. The van der Waals surface area contributed by atoms with Crippen molar-refractivity contribution in [3.63, 3.8) is 0 Å². The lowest BCUT2D eigenvalue weighted by atomic mass is 10.3. The van der Waals surface area contributed by atoms with E-state index in [0.717, 1.165) is 5.69 Å². The minimum absolute atomic E-state index is 0.263. The summed E-state index contributed by atoms with van der Waals surface area (Å²) in [6.07, 6.45) is 0. The third-order valence-electron chi connectivity index (χ3n) is 1.82. The smallest absolute Gasteiger partial charge is 0.293 e. The number of hydroxylamine groups is 1. The van der Waals surface area contributed by atoms with E-state index < -0.39 is 0 Å². The first kappa shape index (κ1) is 10.5. The molecule has 0 atom stereocenters. The number of nitrogens with zero attached hydrogens (tertiary/aromatic N) is 1. The Hall–Kier alpha value is -1.55. The average Bonchev–Trinajstić information content (AvgIpc) is 2.21. The molecule has 0 saturated heterocycles. The quantitative estimate of drug-likeness (QED) is 0.745. The maximum absolute atomic E-state index is 11.5. The van der Waals surface area contributed by atoms with Crippen LogP contribution in [-0.2, 0) is 4.84 Å². The molecule has 0 spiro atoms. The van der Waals surface area contributed by atoms with E-state index in [4.69, 9.17) is 0 Å². The number of amides is 2. The van der Waals surface area contributed by atoms with Gasteiger partial charge < -0.3 is 0 Å². The van der Waals surface area contributed by atoms with Crippen molar-refractivity contribution in [1.82, 2.24) is 5.48 Å². The zero-order valence-corrected chi connectivity index (χ0v) is 8.36. The Balaban J connectivity index is 2.77. The fourth-order valence-electron chi connectivity index (χ4n) is 1.19. The minimum Gasteiger partial charge on any atom is -0.293 e. The first-order chi connectivity index (χ1) is 6.79. The summed E-state index contributed by atoms with van der Waals surface area (Å²) in [7, 11) is 1.41. The van der Waals surface area contributed by atoms with Gasteiger partial charge in [-0.1, -0.05) is 18.2 Å². The number of rotatable bonds is 3. The second kappa shape index (κ2) is 5.24. The van der Waals surface area contributed by atoms with Gasteiger partial charge in [0, 0.05) is 12.2 Å². The molecule has 4 heteroatoms. The van der Waals surface area contributed by atoms with Gasteiger partial charge >= 0.3 is 6.03 Å². The molecule has 1 rings (SSSR count). The summed E-state index contributed by atoms with van der Waals surface area (Å²) in [5.74, 6) is 0. The SMILES string of the molecule is CCN(C(=O)NOC)c1ccccc1. The molecule has 0 aliphatic carbocycles. The molecular formula is C10H14N2O2. The van der Waals surface area contributed by atoms with Crippen LogP contribution in [0.2, 0.25) is 0 Å². The van der Waals surface area contributed by atoms with Crippen LogP contribution in [0.15, 0.2) is 30.3 Å². The number of carbonyl (C=O) groups is 1. The lowest BCUT2D eigenvalue weighted by Gasteiger charge is -2.20. The third-order valence-corrected chi connectivity index (χ3v) is 1.82. The number of anilines is 1. The van der Waals surface area contributed by atoms with Gasteiger partial charge in [0.1, 0.15) is 0 Å². The monoisotopic (exact) mass is 194 g/mol. The molecule has 0 fully saturated rings. The van der Waals surface area contributed by atoms with Crippen molar-refractivity contribution in [3.8, 4) is 0 Å². The number of hydrogen-bond acceptors (Lipinski definition) is 2. The summed E-state index contributed by atoms with van der Waals surface area (Å²) in [6, 6.07) is 9.17. The van der Waals surface area contributed by atoms with E-state index in [9.17, 15) is 4.79 Å². The van der Waals surface area contributed by atoms with Gasteiger partial charge in [0.25, 0.3) is 0 Å². The van der Waals surface area contributed by atoms with Crippen LogP contribution < -0.4 is 10.4 Å². The number of urea groups is 1. The van der Waals surface area contributed by atoms with Crippen LogP contribution >= 0.6 is 0 Å². The van der Waals surface area contributed by atoms with Gasteiger partial charge in [-0.3, -0.25) is 9.74 Å². The van der Waals surface area contributed by atoms with Gasteiger partial charge in [0.15, 0.2) is 0 Å². The Morgan fingerprint density at radius 2 is 2.07 bits per heavy atom. The Kier molecular flexibility index (Phi) is 3.94. The molecule has 2 amide bonds. The Morgan fingerprint density at radius 3 is 2.57 bits per heavy atom. The average molecular weight is 194 g/mol. The predicted octanol–water partition coefficient (Wildman–Crippen LogP) is 1.78. The normalized spacial score (nSPS) is 9.57. The number of para-hydroxylation sites is 1. The van der Waals surface area contributed by atoms with Crippen molar-refractivity contribution in [2.45, 2.75) is 6.92 Å². The largest absolute Gasteiger partial charge is 0.345 e. The van der Waals surface area contributed by atoms with Crippen LogP contribution in [0.1, 0.15) is 6.92 Å². The highest BCUT2D eigenvalue weighted by atomic mass is 16.6. The van der Waals surface area contributed by atoms with Crippen LogP contribution in [0.3, 0.4) is 0 Å². The fourth-order valence-corrected chi connectivity index (χ4v) is 1.19. The van der Waals surface area contributed by atoms with Gasteiger partial charge in [0.05, 0.1) is 7.11 Å². The maximum atomic E-state index is 11.5. The van der Waals surface area contributed by atoms with E-state index in [1.54, 1.807) is 4.90 Å². The van der Waals surface area contributed by atoms with Gasteiger partial charge in [0.2, 0.25) is 0 Å². The van der Waals surface area contributed by atoms with E-state index in [2.05, 4.69) is 10.3 Å². The standard InChI is InChI=1S/C10H14N2O2/c1-3-12(10(13)11-14-2)9-7-5-4-6-8-9/h4-8H,3H2,1-2H3,(H,11,13). The van der Waals surface area contributed by atoms with Crippen molar-refractivity contribution >= 4 is 11.7 Å². The third kappa shape index (κ3) is 2.47. The molecule has 0 saturated carbocycles. The maximum Gasteiger partial charge on any atom is 0.345 e. The Labute approximate surface area is 83.4 Å². The molecule has 4 nitrogen and oxygen atoms in total. The first-order valence-corrected chi connectivity index (χ1v) is 4.45. The number of carbonyl (C=O) groups excluding carboxylic acids is 1. The highest BCUT2D eigenvalue weighted by molar-refractivity contribution is 5.91. The summed E-state index contributed by atoms with van der Waals surface area (Å²) < 4.78 is 0. The molecular weight excluding hydrogens is 180 g/mol. The molecule has 0 aliphatic rings. The molecule has 0 heterocycles. The van der Waals surface area contributed by atoms with E-state index in [-0.39, 0.29) is 6.03 Å². The van der Waals surface area contributed by atoms with E-state index in [1.807, 2.05) is 37.3 Å². The lowest BCUT2D eigenvalue weighted by molar-refractivity contribution is 0.111. The van der Waals surface area contributed by atoms with Crippen molar-refractivity contribution in [2.24, 2.45) is 0 Å². The highest BCUT2D eigenvalue weighted by Crippen LogP contribution is 2.12. The Morgan fingerprint density at radius 1 is 1.43 bits per heavy atom. The molecule has 0 aromatic heterocycles. The van der Waals surface area contributed by atoms with E-state index in [1.165, 1.54) is 7.11 Å².